The average molecular weight is 498 g/mol. The van der Waals surface area contributed by atoms with Crippen LogP contribution in [-0.4, -0.2) is 34.6 Å². The van der Waals surface area contributed by atoms with E-state index < -0.39 is 17.9 Å². The third-order valence-electron chi connectivity index (χ3n) is 6.59. The number of hydrogen-bond acceptors (Lipinski definition) is 5. The van der Waals surface area contributed by atoms with E-state index in [1.54, 1.807) is 11.8 Å². The molecule has 5 rings (SSSR count). The maximum Gasteiger partial charge on any atom is 0.321 e. The minimum absolute atomic E-state index is 0.190. The largest absolute Gasteiger partial charge is 0.465 e. The van der Waals surface area contributed by atoms with E-state index in [2.05, 4.69) is 13.8 Å². The van der Waals surface area contributed by atoms with Gasteiger partial charge in [0.05, 0.1) is 23.7 Å². The van der Waals surface area contributed by atoms with Gasteiger partial charge in [-0.3, -0.25) is 14.5 Å². The number of rotatable bonds is 8. The smallest absolute Gasteiger partial charge is 0.321 e. The second-order valence-electron chi connectivity index (χ2n) is 9.61. The van der Waals surface area contributed by atoms with Crippen molar-refractivity contribution >= 4 is 28.9 Å². The molecule has 0 unspecified atom stereocenters. The Morgan fingerprint density at radius 2 is 1.70 bits per heavy atom. The van der Waals surface area contributed by atoms with Crippen LogP contribution in [0, 0.1) is 11.8 Å². The molecule has 1 aromatic heterocycles. The number of esters is 1. The summed E-state index contributed by atoms with van der Waals surface area (Å²) in [7, 11) is 0. The molecule has 37 heavy (non-hydrogen) atoms. The summed E-state index contributed by atoms with van der Waals surface area (Å²) in [6.45, 7) is 6.64. The van der Waals surface area contributed by atoms with Crippen molar-refractivity contribution in [3.63, 3.8) is 0 Å². The number of benzene rings is 3. The maximum atomic E-state index is 14.0. The third kappa shape index (κ3) is 4.81. The number of fused-ring (bicyclic) bond motifs is 3. The molecule has 4 aromatic rings. The Morgan fingerprint density at radius 3 is 2.46 bits per heavy atom. The van der Waals surface area contributed by atoms with E-state index >= 15 is 0 Å². The van der Waals surface area contributed by atoms with E-state index in [0.717, 1.165) is 23.0 Å². The van der Waals surface area contributed by atoms with Crippen molar-refractivity contribution in [2.24, 2.45) is 11.8 Å². The summed E-state index contributed by atoms with van der Waals surface area (Å²) in [4.78, 5) is 33.9. The van der Waals surface area contributed by atoms with Crippen molar-refractivity contribution in [3.05, 3.63) is 84.4 Å². The molecule has 0 spiro atoms. The molecule has 0 N–H and O–H groups in total. The molecule has 0 radical (unpaired) electrons. The van der Waals surface area contributed by atoms with Crippen LogP contribution in [0.1, 0.15) is 38.8 Å². The SMILES string of the molecule is CCOC(=O)[C@H]1C(=O)N(CCC(C)C)c2nc3ccccc3n2[C@@H]1c1cccc(Oc2ccccc2)c1. The predicted octanol–water partition coefficient (Wildman–Crippen LogP) is 5.99. The lowest BCUT2D eigenvalue weighted by Crippen LogP contribution is -2.50. The van der Waals surface area contributed by atoms with Crippen LogP contribution < -0.4 is 9.64 Å². The summed E-state index contributed by atoms with van der Waals surface area (Å²) in [5.74, 6) is 0.375. The Morgan fingerprint density at radius 1 is 0.973 bits per heavy atom. The second-order valence-corrected chi connectivity index (χ2v) is 9.61. The first-order chi connectivity index (χ1) is 18.0. The zero-order chi connectivity index (χ0) is 25.9. The van der Waals surface area contributed by atoms with E-state index in [4.69, 9.17) is 14.5 Å². The summed E-state index contributed by atoms with van der Waals surface area (Å²) in [5, 5.41) is 0. The number of hydrogen-bond donors (Lipinski definition) is 0. The summed E-state index contributed by atoms with van der Waals surface area (Å²) >= 11 is 0. The van der Waals surface area contributed by atoms with Crippen LogP contribution in [0.2, 0.25) is 0 Å². The van der Waals surface area contributed by atoms with E-state index in [1.807, 2.05) is 83.4 Å². The van der Waals surface area contributed by atoms with Crippen molar-refractivity contribution < 1.29 is 19.1 Å². The second kappa shape index (κ2) is 10.5. The first-order valence-electron chi connectivity index (χ1n) is 12.8. The van der Waals surface area contributed by atoms with Crippen molar-refractivity contribution in [1.29, 1.82) is 0 Å². The van der Waals surface area contributed by atoms with Gasteiger partial charge in [-0.05, 0) is 61.2 Å². The third-order valence-corrected chi connectivity index (χ3v) is 6.59. The zero-order valence-corrected chi connectivity index (χ0v) is 21.3. The number of carbonyl (C=O) groups is 2. The van der Waals surface area contributed by atoms with E-state index in [1.165, 1.54) is 0 Å². The first kappa shape index (κ1) is 24.6. The van der Waals surface area contributed by atoms with E-state index in [0.29, 0.717) is 29.9 Å². The number of aromatic nitrogens is 2. The average Bonchev–Trinajstić information content (AvgIpc) is 3.27. The highest BCUT2D eigenvalue weighted by Gasteiger charge is 2.47. The summed E-state index contributed by atoms with van der Waals surface area (Å²) < 4.78 is 13.6. The molecule has 0 bridgehead atoms. The summed E-state index contributed by atoms with van der Waals surface area (Å²) in [6, 6.07) is 24.2. The van der Waals surface area contributed by atoms with Crippen LogP contribution in [0.5, 0.6) is 11.5 Å². The molecular formula is C30H31N3O4. The van der Waals surface area contributed by atoms with Crippen molar-refractivity contribution in [1.82, 2.24) is 9.55 Å². The molecule has 0 saturated carbocycles. The number of para-hydroxylation sites is 3. The normalized spacial score (nSPS) is 17.2. The fourth-order valence-electron chi connectivity index (χ4n) is 4.83. The van der Waals surface area contributed by atoms with Crippen LogP contribution in [0.4, 0.5) is 5.95 Å². The number of ether oxygens (including phenoxy) is 2. The molecule has 1 amide bonds. The Bertz CT molecular complexity index is 1410. The number of anilines is 1. The Hall–Kier alpha value is -4.13. The van der Waals surface area contributed by atoms with Crippen LogP contribution in [-0.2, 0) is 14.3 Å². The summed E-state index contributed by atoms with van der Waals surface area (Å²) in [6.07, 6.45) is 0.787. The van der Waals surface area contributed by atoms with Gasteiger partial charge in [-0.2, -0.15) is 0 Å². The zero-order valence-electron chi connectivity index (χ0n) is 21.3. The van der Waals surface area contributed by atoms with Gasteiger partial charge in [0.2, 0.25) is 11.9 Å². The quantitative estimate of drug-likeness (QED) is 0.221. The molecule has 190 valence electrons. The van der Waals surface area contributed by atoms with Crippen molar-refractivity contribution in [2.45, 2.75) is 33.2 Å². The molecular weight excluding hydrogens is 466 g/mol. The monoisotopic (exact) mass is 497 g/mol. The van der Waals surface area contributed by atoms with Gasteiger partial charge in [-0.15, -0.1) is 0 Å². The van der Waals surface area contributed by atoms with Gasteiger partial charge < -0.3 is 14.0 Å². The number of imidazole rings is 1. The van der Waals surface area contributed by atoms with Gasteiger partial charge in [0.15, 0.2) is 5.92 Å². The molecule has 1 aliphatic rings. The Balaban J connectivity index is 1.67. The Kier molecular flexibility index (Phi) is 6.95. The standard InChI is InChI=1S/C30H31N3O4/c1-4-36-29(35)26-27(21-11-10-14-23(19-21)37-22-12-6-5-7-13-22)33-25-16-9-8-15-24(25)31-30(33)32(28(26)34)18-17-20(2)3/h5-16,19-20,26-27H,4,17-18H2,1-3H3/t26-,27-/m1/s1. The van der Waals surface area contributed by atoms with Crippen molar-refractivity contribution in [2.75, 3.05) is 18.1 Å². The minimum Gasteiger partial charge on any atom is -0.465 e. The van der Waals surface area contributed by atoms with Gasteiger partial charge in [0.25, 0.3) is 0 Å². The van der Waals surface area contributed by atoms with Gasteiger partial charge in [-0.25, -0.2) is 4.98 Å². The summed E-state index contributed by atoms with van der Waals surface area (Å²) in [5.41, 5.74) is 2.40. The van der Waals surface area contributed by atoms with Crippen molar-refractivity contribution in [3.8, 4) is 11.5 Å². The molecule has 7 nitrogen and oxygen atoms in total. The lowest BCUT2D eigenvalue weighted by atomic mass is 9.89. The fourth-order valence-corrected chi connectivity index (χ4v) is 4.83. The lowest BCUT2D eigenvalue weighted by Gasteiger charge is -2.38. The number of nitrogens with zero attached hydrogens (tertiary/aromatic N) is 3. The molecule has 2 heterocycles. The van der Waals surface area contributed by atoms with Crippen LogP contribution >= 0.6 is 0 Å². The van der Waals surface area contributed by atoms with Crippen LogP contribution in [0.15, 0.2) is 78.9 Å². The highest BCUT2D eigenvalue weighted by molar-refractivity contribution is 6.08. The molecule has 1 aliphatic heterocycles. The number of amides is 1. The van der Waals surface area contributed by atoms with Crippen LogP contribution in [0.25, 0.3) is 11.0 Å². The Labute approximate surface area is 216 Å². The topological polar surface area (TPSA) is 73.7 Å². The molecule has 0 saturated heterocycles. The fraction of sp³-hybridized carbons (Fsp3) is 0.300. The lowest BCUT2D eigenvalue weighted by molar-refractivity contribution is -0.153. The highest BCUT2D eigenvalue weighted by atomic mass is 16.5. The minimum atomic E-state index is -1.05. The van der Waals surface area contributed by atoms with Gasteiger partial charge in [0.1, 0.15) is 11.5 Å². The van der Waals surface area contributed by atoms with E-state index in [9.17, 15) is 9.59 Å². The molecule has 0 aliphatic carbocycles. The first-order valence-corrected chi connectivity index (χ1v) is 12.8. The predicted molar refractivity (Wildman–Crippen MR) is 143 cm³/mol. The molecule has 3 aromatic carbocycles. The molecule has 0 fully saturated rings. The molecule has 7 heteroatoms. The molecule has 2 atom stereocenters. The van der Waals surface area contributed by atoms with Crippen LogP contribution in [0.3, 0.4) is 0 Å². The maximum absolute atomic E-state index is 14.0. The van der Waals surface area contributed by atoms with Gasteiger partial charge in [0, 0.05) is 6.54 Å². The van der Waals surface area contributed by atoms with Gasteiger partial charge >= 0.3 is 5.97 Å². The number of carbonyl (C=O) groups excluding carboxylic acids is 2. The van der Waals surface area contributed by atoms with E-state index in [-0.39, 0.29) is 12.5 Å². The van der Waals surface area contributed by atoms with Gasteiger partial charge in [-0.1, -0.05) is 56.3 Å². The highest BCUT2D eigenvalue weighted by Crippen LogP contribution is 2.42.